The Kier molecular flexibility index (Phi) is 5.50. The minimum absolute atomic E-state index is 0.112. The number of carbonyl (C=O) groups excluding carboxylic acids is 1. The number of furan rings is 1. The van der Waals surface area contributed by atoms with Gasteiger partial charge in [-0.3, -0.25) is 4.79 Å². The number of carbonyl (C=O) groups is 1. The fourth-order valence-corrected chi connectivity index (χ4v) is 3.66. The van der Waals surface area contributed by atoms with E-state index in [9.17, 15) is 4.79 Å². The monoisotopic (exact) mass is 384 g/mol. The van der Waals surface area contributed by atoms with Crippen molar-refractivity contribution in [2.45, 2.75) is 25.4 Å². The lowest BCUT2D eigenvalue weighted by molar-refractivity contribution is -0.115. The number of rotatable bonds is 7. The highest BCUT2D eigenvalue weighted by atomic mass is 32.1. The molecule has 1 saturated heterocycles. The van der Waals surface area contributed by atoms with Gasteiger partial charge in [-0.05, 0) is 49.2 Å². The smallest absolute Gasteiger partial charge is 0.230 e. The summed E-state index contributed by atoms with van der Waals surface area (Å²) in [5, 5.41) is 5.53. The van der Waals surface area contributed by atoms with Crippen LogP contribution in [0.15, 0.2) is 52.5 Å². The third-order valence-corrected chi connectivity index (χ3v) is 5.13. The molecule has 3 aromatic rings. The van der Waals surface area contributed by atoms with Crippen molar-refractivity contribution in [3.63, 3.8) is 0 Å². The lowest BCUT2D eigenvalue weighted by Crippen LogP contribution is -2.16. The Bertz CT molecular complexity index is 868. The van der Waals surface area contributed by atoms with E-state index in [-0.39, 0.29) is 18.4 Å². The van der Waals surface area contributed by atoms with E-state index in [2.05, 4.69) is 10.3 Å². The van der Waals surface area contributed by atoms with Gasteiger partial charge < -0.3 is 19.2 Å². The highest BCUT2D eigenvalue weighted by Crippen LogP contribution is 2.24. The maximum absolute atomic E-state index is 12.2. The summed E-state index contributed by atoms with van der Waals surface area (Å²) in [5.41, 5.74) is 1.45. The van der Waals surface area contributed by atoms with Crippen molar-refractivity contribution in [3.05, 3.63) is 53.7 Å². The van der Waals surface area contributed by atoms with Gasteiger partial charge in [0.2, 0.25) is 5.91 Å². The maximum atomic E-state index is 12.2. The molecule has 0 unspecified atom stereocenters. The summed E-state index contributed by atoms with van der Waals surface area (Å²) in [6.45, 7) is 1.38. The van der Waals surface area contributed by atoms with Gasteiger partial charge in [0.05, 0.1) is 24.5 Å². The number of nitrogens with zero attached hydrogens (tertiary/aromatic N) is 1. The zero-order valence-electron chi connectivity index (χ0n) is 14.7. The van der Waals surface area contributed by atoms with E-state index in [1.165, 1.54) is 11.3 Å². The molecule has 1 N–H and O–H groups in total. The Morgan fingerprint density at radius 1 is 1.30 bits per heavy atom. The largest absolute Gasteiger partial charge is 0.491 e. The number of benzene rings is 1. The Labute approximate surface area is 161 Å². The summed E-state index contributed by atoms with van der Waals surface area (Å²) in [6.07, 6.45) is 4.16. The third-order valence-electron chi connectivity index (χ3n) is 4.22. The summed E-state index contributed by atoms with van der Waals surface area (Å²) in [7, 11) is 0. The van der Waals surface area contributed by atoms with E-state index in [4.69, 9.17) is 13.9 Å². The lowest BCUT2D eigenvalue weighted by atomic mass is 10.2. The van der Waals surface area contributed by atoms with Gasteiger partial charge >= 0.3 is 0 Å². The van der Waals surface area contributed by atoms with E-state index in [0.717, 1.165) is 41.6 Å². The first-order valence-electron chi connectivity index (χ1n) is 8.89. The molecule has 1 aliphatic rings. The van der Waals surface area contributed by atoms with Crippen LogP contribution in [0.5, 0.6) is 5.75 Å². The van der Waals surface area contributed by atoms with Crippen LogP contribution in [0, 0.1) is 0 Å². The quantitative estimate of drug-likeness (QED) is 0.663. The Morgan fingerprint density at radius 3 is 2.93 bits per heavy atom. The fraction of sp³-hybridized carbons (Fsp3) is 0.300. The number of nitrogens with one attached hydrogen (secondary N) is 1. The van der Waals surface area contributed by atoms with Crippen LogP contribution in [0.1, 0.15) is 18.5 Å². The molecule has 27 heavy (non-hydrogen) atoms. The van der Waals surface area contributed by atoms with E-state index in [1.807, 2.05) is 41.8 Å². The second kappa shape index (κ2) is 8.37. The van der Waals surface area contributed by atoms with E-state index in [0.29, 0.717) is 12.4 Å². The molecule has 6 nitrogen and oxygen atoms in total. The maximum Gasteiger partial charge on any atom is 0.230 e. The van der Waals surface area contributed by atoms with Gasteiger partial charge in [-0.15, -0.1) is 11.3 Å². The van der Waals surface area contributed by atoms with Gasteiger partial charge in [-0.1, -0.05) is 0 Å². The van der Waals surface area contributed by atoms with E-state index < -0.39 is 0 Å². The minimum atomic E-state index is -0.112. The molecule has 4 rings (SSSR count). The zero-order chi connectivity index (χ0) is 18.5. The third kappa shape index (κ3) is 4.75. The van der Waals surface area contributed by atoms with Crippen molar-refractivity contribution >= 4 is 22.9 Å². The van der Waals surface area contributed by atoms with Crippen molar-refractivity contribution in [1.82, 2.24) is 4.98 Å². The molecule has 7 heteroatoms. The number of amides is 1. The molecule has 3 heterocycles. The van der Waals surface area contributed by atoms with Crippen molar-refractivity contribution in [2.75, 3.05) is 18.5 Å². The van der Waals surface area contributed by atoms with Gasteiger partial charge in [-0.2, -0.15) is 0 Å². The highest BCUT2D eigenvalue weighted by molar-refractivity contribution is 7.13. The van der Waals surface area contributed by atoms with Crippen LogP contribution in [0.25, 0.3) is 10.8 Å². The topological polar surface area (TPSA) is 73.6 Å². The molecule has 1 aromatic carbocycles. The van der Waals surface area contributed by atoms with Gasteiger partial charge in [0.15, 0.2) is 10.8 Å². The van der Waals surface area contributed by atoms with Crippen molar-refractivity contribution in [3.8, 4) is 16.5 Å². The van der Waals surface area contributed by atoms with Gasteiger partial charge in [0.1, 0.15) is 12.4 Å². The minimum Gasteiger partial charge on any atom is -0.491 e. The van der Waals surface area contributed by atoms with Gasteiger partial charge in [0, 0.05) is 17.7 Å². The second-order valence-corrected chi connectivity index (χ2v) is 7.17. The summed E-state index contributed by atoms with van der Waals surface area (Å²) >= 11 is 1.46. The average Bonchev–Trinajstić information content (AvgIpc) is 3.43. The van der Waals surface area contributed by atoms with Gasteiger partial charge in [-0.25, -0.2) is 4.98 Å². The van der Waals surface area contributed by atoms with Crippen LogP contribution >= 0.6 is 11.3 Å². The molecule has 0 radical (unpaired) electrons. The molecule has 2 aromatic heterocycles. The van der Waals surface area contributed by atoms with E-state index in [1.54, 1.807) is 6.26 Å². The standard InChI is InChI=1S/C20H20N2O4S/c23-19(11-15-13-27-20(22-15)18-4-2-10-25-18)21-14-5-7-16(8-6-14)26-12-17-3-1-9-24-17/h2,4-8,10,13,17H,1,3,9,11-12H2,(H,21,23)/t17-/m1/s1. The van der Waals surface area contributed by atoms with Crippen LogP contribution in [-0.2, 0) is 16.0 Å². The molecule has 0 spiro atoms. The van der Waals surface area contributed by atoms with E-state index >= 15 is 0 Å². The SMILES string of the molecule is O=C(Cc1csc(-c2ccco2)n1)Nc1ccc(OC[C@H]2CCCO2)cc1. The predicted molar refractivity (Wildman–Crippen MR) is 103 cm³/mol. The number of hydrogen-bond acceptors (Lipinski definition) is 6. The fourth-order valence-electron chi connectivity index (χ4n) is 2.87. The number of ether oxygens (including phenoxy) is 2. The average molecular weight is 384 g/mol. The van der Waals surface area contributed by atoms with Crippen LogP contribution in [0.3, 0.4) is 0 Å². The molecule has 0 aliphatic carbocycles. The lowest BCUT2D eigenvalue weighted by Gasteiger charge is -2.12. The molecule has 1 aliphatic heterocycles. The first-order valence-corrected chi connectivity index (χ1v) is 9.77. The first kappa shape index (κ1) is 17.8. The van der Waals surface area contributed by atoms with Crippen molar-refractivity contribution in [2.24, 2.45) is 0 Å². The first-order chi connectivity index (χ1) is 13.3. The Balaban J connectivity index is 1.27. The molecule has 0 saturated carbocycles. The van der Waals surface area contributed by atoms with Gasteiger partial charge in [0.25, 0.3) is 0 Å². The highest BCUT2D eigenvalue weighted by Gasteiger charge is 2.16. The molecule has 1 amide bonds. The van der Waals surface area contributed by atoms with Crippen LogP contribution in [-0.4, -0.2) is 30.2 Å². The number of anilines is 1. The summed E-state index contributed by atoms with van der Waals surface area (Å²) < 4.78 is 16.6. The normalized spacial score (nSPS) is 16.4. The molecular formula is C20H20N2O4S. The summed E-state index contributed by atoms with van der Waals surface area (Å²) in [5.74, 6) is 1.37. The number of aromatic nitrogens is 1. The Hall–Kier alpha value is -2.64. The number of hydrogen-bond donors (Lipinski definition) is 1. The van der Waals surface area contributed by atoms with Crippen LogP contribution in [0.2, 0.25) is 0 Å². The van der Waals surface area contributed by atoms with Crippen molar-refractivity contribution < 1.29 is 18.7 Å². The molecule has 0 bridgehead atoms. The molecule has 140 valence electrons. The van der Waals surface area contributed by atoms with Crippen LogP contribution in [0.4, 0.5) is 5.69 Å². The molecule has 1 fully saturated rings. The van der Waals surface area contributed by atoms with Crippen molar-refractivity contribution in [1.29, 1.82) is 0 Å². The zero-order valence-corrected chi connectivity index (χ0v) is 15.5. The molecule has 1 atom stereocenters. The molecular weight excluding hydrogens is 364 g/mol. The summed E-state index contributed by atoms with van der Waals surface area (Å²) in [4.78, 5) is 16.7. The van der Waals surface area contributed by atoms with Crippen LogP contribution < -0.4 is 10.1 Å². The summed E-state index contributed by atoms with van der Waals surface area (Å²) in [6, 6.07) is 11.0. The second-order valence-electron chi connectivity index (χ2n) is 6.32. The Morgan fingerprint density at radius 2 is 2.19 bits per heavy atom. The number of thiazole rings is 1. The predicted octanol–water partition coefficient (Wildman–Crippen LogP) is 4.14.